The molecule has 0 saturated heterocycles. The number of halogens is 3. The van der Waals surface area contributed by atoms with E-state index >= 15 is 0 Å². The molecule has 1 amide bonds. The van der Waals surface area contributed by atoms with Gasteiger partial charge in [-0.1, -0.05) is 11.6 Å². The van der Waals surface area contributed by atoms with E-state index in [9.17, 15) is 14.7 Å². The van der Waals surface area contributed by atoms with Crippen molar-refractivity contribution in [3.8, 4) is 5.75 Å². The van der Waals surface area contributed by atoms with Crippen molar-refractivity contribution in [1.82, 2.24) is 5.32 Å². The Morgan fingerprint density at radius 1 is 1.50 bits per heavy atom. The molecule has 0 heterocycles. The molecule has 1 aromatic rings. The Balaban J connectivity index is 0.00000441. The number of phenolic OH excluding ortho intramolecular Hbond substituents is 1. The van der Waals surface area contributed by atoms with Crippen molar-refractivity contribution in [2.75, 3.05) is 13.2 Å². The molecule has 0 unspecified atom stereocenters. The molecule has 6 nitrogen and oxygen atoms in total. The molecule has 0 aliphatic heterocycles. The molecule has 0 spiro atoms. The Bertz CT molecular complexity index is 543. The second-order valence-corrected chi connectivity index (χ2v) is 5.76. The summed E-state index contributed by atoms with van der Waals surface area (Å²) in [6.45, 7) is 1.69. The van der Waals surface area contributed by atoms with Gasteiger partial charge in [0.15, 0.2) is 0 Å². The maximum absolute atomic E-state index is 11.7. The van der Waals surface area contributed by atoms with Crippen LogP contribution in [0.3, 0.4) is 0 Å². The smallest absolute Gasteiger partial charge is 0.308 e. The van der Waals surface area contributed by atoms with Gasteiger partial charge in [-0.2, -0.15) is 0 Å². The van der Waals surface area contributed by atoms with E-state index in [-0.39, 0.29) is 37.7 Å². The number of aromatic hydroxyl groups is 1. The minimum absolute atomic E-state index is 0. The topological polar surface area (TPSA) is 102 Å². The zero-order chi connectivity index (χ0) is 16.0. The Morgan fingerprint density at radius 3 is 2.68 bits per heavy atom. The number of phenols is 1. The van der Waals surface area contributed by atoms with E-state index in [1.807, 2.05) is 22.6 Å². The van der Waals surface area contributed by atoms with Crippen LogP contribution >= 0.6 is 46.6 Å². The van der Waals surface area contributed by atoms with Gasteiger partial charge in [0.25, 0.3) is 0 Å². The van der Waals surface area contributed by atoms with Crippen molar-refractivity contribution in [2.24, 2.45) is 5.73 Å². The van der Waals surface area contributed by atoms with E-state index in [0.29, 0.717) is 14.2 Å². The van der Waals surface area contributed by atoms with Gasteiger partial charge in [-0.05, 0) is 41.6 Å². The van der Waals surface area contributed by atoms with Gasteiger partial charge in [0, 0.05) is 10.6 Å². The number of esters is 1. The highest BCUT2D eigenvalue weighted by Gasteiger charge is 2.23. The average Bonchev–Trinajstić information content (AvgIpc) is 2.42. The van der Waals surface area contributed by atoms with Crippen LogP contribution in [0.5, 0.6) is 5.75 Å². The lowest BCUT2D eigenvalue weighted by Crippen LogP contribution is -2.35. The maximum atomic E-state index is 11.7. The highest BCUT2D eigenvalue weighted by Crippen LogP contribution is 2.34. The van der Waals surface area contributed by atoms with E-state index < -0.39 is 17.9 Å². The van der Waals surface area contributed by atoms with Crippen LogP contribution < -0.4 is 11.1 Å². The van der Waals surface area contributed by atoms with Crippen molar-refractivity contribution >= 4 is 58.5 Å². The molecule has 0 radical (unpaired) electrons. The van der Waals surface area contributed by atoms with E-state index in [0.717, 1.165) is 0 Å². The number of carbonyl (C=O) groups is 2. The molecule has 1 atom stereocenters. The molecule has 0 fully saturated rings. The van der Waals surface area contributed by atoms with Crippen LogP contribution in [-0.2, 0) is 14.3 Å². The summed E-state index contributed by atoms with van der Waals surface area (Å²) < 4.78 is 5.39. The number of rotatable bonds is 6. The Labute approximate surface area is 153 Å². The van der Waals surface area contributed by atoms with Gasteiger partial charge in [-0.3, -0.25) is 9.59 Å². The van der Waals surface area contributed by atoms with E-state index in [4.69, 9.17) is 22.1 Å². The summed E-state index contributed by atoms with van der Waals surface area (Å²) in [5.41, 5.74) is 5.62. The third-order valence-corrected chi connectivity index (χ3v) is 3.67. The number of ether oxygens (including phenoxy) is 1. The average molecular weight is 463 g/mol. The number of amides is 1. The summed E-state index contributed by atoms with van der Waals surface area (Å²) in [5, 5.41) is 13.1. The number of nitrogens with two attached hydrogens (primary N) is 1. The minimum Gasteiger partial charge on any atom is -0.506 e. The molecular formula is C13H17Cl2IN2O4. The van der Waals surface area contributed by atoms with Gasteiger partial charge in [0.2, 0.25) is 5.91 Å². The lowest BCUT2D eigenvalue weighted by molar-refractivity contribution is -0.143. The molecule has 4 N–H and O–H groups in total. The molecule has 1 aromatic carbocycles. The first-order chi connectivity index (χ1) is 9.88. The summed E-state index contributed by atoms with van der Waals surface area (Å²) in [7, 11) is 0. The molecule has 0 aliphatic carbocycles. The van der Waals surface area contributed by atoms with Crippen LogP contribution in [0.25, 0.3) is 0 Å². The van der Waals surface area contributed by atoms with E-state index in [1.54, 1.807) is 13.0 Å². The highest BCUT2D eigenvalue weighted by molar-refractivity contribution is 14.1. The van der Waals surface area contributed by atoms with Crippen LogP contribution in [-0.4, -0.2) is 30.1 Å². The fourth-order valence-corrected chi connectivity index (χ4v) is 2.79. The largest absolute Gasteiger partial charge is 0.506 e. The Kier molecular flexibility index (Phi) is 9.74. The first-order valence-corrected chi connectivity index (χ1v) is 7.67. The van der Waals surface area contributed by atoms with Crippen LogP contribution in [0.1, 0.15) is 24.9 Å². The first-order valence-electron chi connectivity index (χ1n) is 6.22. The number of nitrogens with one attached hydrogen (secondary N) is 1. The number of carbonyl (C=O) groups excluding carboxylic acids is 2. The second kappa shape index (κ2) is 10.1. The van der Waals surface area contributed by atoms with Crippen molar-refractivity contribution in [2.45, 2.75) is 19.4 Å². The SMILES string of the molecule is CCOC(=O)C[C@@H](NC(=O)CN)c1cc(Cl)cc(I)c1O.Cl. The van der Waals surface area contributed by atoms with Crippen molar-refractivity contribution < 1.29 is 19.4 Å². The van der Waals surface area contributed by atoms with Gasteiger partial charge in [0.1, 0.15) is 5.75 Å². The third kappa shape index (κ3) is 6.15. The van der Waals surface area contributed by atoms with Crippen LogP contribution in [0, 0.1) is 3.57 Å². The monoisotopic (exact) mass is 462 g/mol. The summed E-state index contributed by atoms with van der Waals surface area (Å²) in [6, 6.07) is 2.32. The Hall–Kier alpha value is -0.770. The normalized spacial score (nSPS) is 11.3. The van der Waals surface area contributed by atoms with Gasteiger partial charge < -0.3 is 20.9 Å². The van der Waals surface area contributed by atoms with Crippen molar-refractivity contribution in [3.05, 3.63) is 26.3 Å². The first kappa shape index (κ1) is 21.2. The van der Waals surface area contributed by atoms with Gasteiger partial charge in [0.05, 0.1) is 29.2 Å². The molecule has 0 saturated carbocycles. The lowest BCUT2D eigenvalue weighted by Gasteiger charge is -2.20. The molecule has 0 aliphatic rings. The van der Waals surface area contributed by atoms with Gasteiger partial charge in [-0.15, -0.1) is 12.4 Å². The fourth-order valence-electron chi connectivity index (χ4n) is 1.73. The minimum atomic E-state index is -0.757. The number of hydrogen-bond donors (Lipinski definition) is 3. The van der Waals surface area contributed by atoms with E-state index in [1.165, 1.54) is 6.07 Å². The van der Waals surface area contributed by atoms with Crippen molar-refractivity contribution in [3.63, 3.8) is 0 Å². The summed E-state index contributed by atoms with van der Waals surface area (Å²) in [4.78, 5) is 23.2. The third-order valence-electron chi connectivity index (χ3n) is 2.63. The standard InChI is InChI=1S/C13H16ClIN2O4.ClH/c1-2-21-12(19)5-10(17-11(18)6-16)8-3-7(14)4-9(15)13(8)20;/h3-4,10,20H,2,5-6,16H2,1H3,(H,17,18);1H/t10-;/m1./s1. The van der Waals surface area contributed by atoms with Gasteiger partial charge in [-0.25, -0.2) is 0 Å². The quantitative estimate of drug-likeness (QED) is 0.444. The summed E-state index contributed by atoms with van der Waals surface area (Å²) >= 11 is 7.88. The summed E-state index contributed by atoms with van der Waals surface area (Å²) in [5.74, 6) is -0.973. The molecule has 124 valence electrons. The molecule has 0 bridgehead atoms. The highest BCUT2D eigenvalue weighted by atomic mass is 127. The lowest BCUT2D eigenvalue weighted by atomic mass is 10.0. The predicted octanol–water partition coefficient (Wildman–Crippen LogP) is 2.14. The van der Waals surface area contributed by atoms with Gasteiger partial charge >= 0.3 is 5.97 Å². The molecule has 0 aromatic heterocycles. The number of hydrogen-bond acceptors (Lipinski definition) is 5. The summed E-state index contributed by atoms with van der Waals surface area (Å²) in [6.07, 6.45) is -0.121. The van der Waals surface area contributed by atoms with Crippen LogP contribution in [0.15, 0.2) is 12.1 Å². The second-order valence-electron chi connectivity index (χ2n) is 4.16. The molecular weight excluding hydrogens is 446 g/mol. The molecule has 1 rings (SSSR count). The Morgan fingerprint density at radius 2 is 2.14 bits per heavy atom. The van der Waals surface area contributed by atoms with Crippen LogP contribution in [0.2, 0.25) is 5.02 Å². The fraction of sp³-hybridized carbons (Fsp3) is 0.385. The predicted molar refractivity (Wildman–Crippen MR) is 94.3 cm³/mol. The maximum Gasteiger partial charge on any atom is 0.308 e. The van der Waals surface area contributed by atoms with Crippen LogP contribution in [0.4, 0.5) is 0 Å². The molecule has 9 heteroatoms. The zero-order valence-electron chi connectivity index (χ0n) is 11.8. The molecule has 22 heavy (non-hydrogen) atoms. The number of benzene rings is 1. The van der Waals surface area contributed by atoms with Crippen molar-refractivity contribution in [1.29, 1.82) is 0 Å². The zero-order valence-corrected chi connectivity index (χ0v) is 15.5. The van der Waals surface area contributed by atoms with E-state index in [2.05, 4.69) is 5.32 Å².